The number of alkyl halides is 2. The van der Waals surface area contributed by atoms with Crippen molar-refractivity contribution in [2.24, 2.45) is 0 Å². The maximum Gasteiger partial charge on any atom is 0.240 e. The van der Waals surface area contributed by atoms with Crippen LogP contribution in [0.4, 0.5) is 8.78 Å². The normalized spacial score (nSPS) is 17.8. The maximum atomic E-state index is 12.8. The molecule has 2 N–H and O–H groups in total. The smallest absolute Gasteiger partial charge is 0.240 e. The van der Waals surface area contributed by atoms with Gasteiger partial charge in [-0.25, -0.2) is 8.78 Å². The van der Waals surface area contributed by atoms with Crippen LogP contribution in [0.5, 0.6) is 5.75 Å². The van der Waals surface area contributed by atoms with Crippen LogP contribution in [-0.4, -0.2) is 42.6 Å². The molecule has 1 aromatic carbocycles. The minimum absolute atomic E-state index is 0. The summed E-state index contributed by atoms with van der Waals surface area (Å²) in [6, 6.07) is 4.68. The quantitative estimate of drug-likeness (QED) is 0.853. The molecule has 0 spiro atoms. The van der Waals surface area contributed by atoms with Gasteiger partial charge in [-0.3, -0.25) is 4.90 Å². The Hall–Kier alpha value is -0.430. The highest BCUT2D eigenvalue weighted by atomic mass is 79.9. The second-order valence-corrected chi connectivity index (χ2v) is 5.49. The lowest BCUT2D eigenvalue weighted by Crippen LogP contribution is -2.45. The molecule has 2 rings (SSSR count). The summed E-state index contributed by atoms with van der Waals surface area (Å²) in [6.07, 6.45) is -2.52. The van der Waals surface area contributed by atoms with Crippen LogP contribution in [0, 0.1) is 0 Å². The zero-order valence-electron chi connectivity index (χ0n) is 10.9. The maximum absolute atomic E-state index is 12.8. The zero-order chi connectivity index (χ0) is 13.8. The van der Waals surface area contributed by atoms with Crippen LogP contribution < -0.4 is 5.32 Å². The van der Waals surface area contributed by atoms with Crippen molar-refractivity contribution in [3.63, 3.8) is 0 Å². The van der Waals surface area contributed by atoms with Crippen LogP contribution >= 0.6 is 28.3 Å². The minimum Gasteiger partial charge on any atom is -0.507 e. The Morgan fingerprint density at radius 3 is 2.50 bits per heavy atom. The molecule has 0 aliphatic carbocycles. The van der Waals surface area contributed by atoms with E-state index in [1.807, 2.05) is 0 Å². The van der Waals surface area contributed by atoms with E-state index in [2.05, 4.69) is 26.1 Å². The summed E-state index contributed by atoms with van der Waals surface area (Å²) >= 11 is 3.24. The minimum atomic E-state index is -2.34. The van der Waals surface area contributed by atoms with Crippen molar-refractivity contribution in [1.29, 1.82) is 0 Å². The van der Waals surface area contributed by atoms with Crippen LogP contribution in [0.15, 0.2) is 22.7 Å². The molecule has 0 saturated carbocycles. The fraction of sp³-hybridized carbons (Fsp3) is 0.538. The van der Waals surface area contributed by atoms with Crippen LogP contribution in [0.2, 0.25) is 0 Å². The summed E-state index contributed by atoms with van der Waals surface area (Å²) in [7, 11) is 0. The predicted octanol–water partition coefficient (Wildman–Crippen LogP) is 3.18. The Morgan fingerprint density at radius 2 is 1.95 bits per heavy atom. The molecule has 0 unspecified atom stereocenters. The molecule has 0 amide bonds. The Kier molecular flexibility index (Phi) is 7.15. The second-order valence-electron chi connectivity index (χ2n) is 4.64. The number of nitrogens with one attached hydrogen (secondary N) is 1. The van der Waals surface area contributed by atoms with Crippen LogP contribution in [0.1, 0.15) is 18.0 Å². The number of nitrogens with zero attached hydrogens (tertiary/aromatic N) is 1. The first-order chi connectivity index (χ1) is 9.08. The van der Waals surface area contributed by atoms with Gasteiger partial charge in [-0.2, -0.15) is 0 Å². The summed E-state index contributed by atoms with van der Waals surface area (Å²) < 4.78 is 26.1. The predicted molar refractivity (Wildman–Crippen MR) is 80.9 cm³/mol. The molecule has 20 heavy (non-hydrogen) atoms. The van der Waals surface area contributed by atoms with Crippen molar-refractivity contribution in [1.82, 2.24) is 10.2 Å². The van der Waals surface area contributed by atoms with Gasteiger partial charge < -0.3 is 10.4 Å². The van der Waals surface area contributed by atoms with Gasteiger partial charge in [0.1, 0.15) is 5.75 Å². The molecular weight excluding hydrogens is 354 g/mol. The van der Waals surface area contributed by atoms with Crippen LogP contribution in [0.25, 0.3) is 0 Å². The molecule has 1 fully saturated rings. The van der Waals surface area contributed by atoms with Gasteiger partial charge in [0.2, 0.25) is 6.43 Å². The molecule has 114 valence electrons. The first kappa shape index (κ1) is 17.6. The Balaban J connectivity index is 0.00000200. The van der Waals surface area contributed by atoms with E-state index in [0.717, 1.165) is 31.7 Å². The SMILES string of the molecule is Cl.Oc1ccc([C@H](CC(F)F)N2CCNCC2)cc1Br. The molecule has 1 atom stereocenters. The number of phenols is 1. The first-order valence-corrected chi connectivity index (χ1v) is 7.08. The lowest BCUT2D eigenvalue weighted by atomic mass is 10.0. The van der Waals surface area contributed by atoms with Gasteiger partial charge in [0.05, 0.1) is 4.47 Å². The molecule has 1 heterocycles. The van der Waals surface area contributed by atoms with Gasteiger partial charge in [-0.05, 0) is 33.6 Å². The van der Waals surface area contributed by atoms with Crippen molar-refractivity contribution in [3.05, 3.63) is 28.2 Å². The number of phenolic OH excluding ortho intramolecular Hbond substituents is 1. The lowest BCUT2D eigenvalue weighted by molar-refractivity contribution is 0.0739. The summed E-state index contributed by atoms with van der Waals surface area (Å²) in [5, 5.41) is 12.7. The van der Waals surface area contributed by atoms with Gasteiger partial charge in [-0.15, -0.1) is 12.4 Å². The number of hydrogen-bond acceptors (Lipinski definition) is 3. The van der Waals surface area contributed by atoms with Crippen molar-refractivity contribution in [2.75, 3.05) is 26.2 Å². The molecule has 7 heteroatoms. The van der Waals surface area contributed by atoms with E-state index in [9.17, 15) is 13.9 Å². The van der Waals surface area contributed by atoms with Crippen molar-refractivity contribution in [2.45, 2.75) is 18.9 Å². The topological polar surface area (TPSA) is 35.5 Å². The zero-order valence-corrected chi connectivity index (χ0v) is 13.3. The Bertz CT molecular complexity index is 431. The van der Waals surface area contributed by atoms with Crippen molar-refractivity contribution in [3.8, 4) is 5.75 Å². The van der Waals surface area contributed by atoms with E-state index in [-0.39, 0.29) is 30.6 Å². The third-order valence-corrected chi connectivity index (χ3v) is 3.99. The lowest BCUT2D eigenvalue weighted by Gasteiger charge is -2.35. The van der Waals surface area contributed by atoms with Crippen molar-refractivity contribution >= 4 is 28.3 Å². The summed E-state index contributed by atoms with van der Waals surface area (Å²) in [6.45, 7) is 3.16. The van der Waals surface area contributed by atoms with Crippen LogP contribution in [0.3, 0.4) is 0 Å². The third kappa shape index (κ3) is 4.55. The summed E-state index contributed by atoms with van der Waals surface area (Å²) in [5.74, 6) is 0.125. The highest BCUT2D eigenvalue weighted by Crippen LogP contribution is 2.32. The summed E-state index contributed by atoms with van der Waals surface area (Å²) in [4.78, 5) is 2.07. The fourth-order valence-corrected chi connectivity index (χ4v) is 2.79. The number of aromatic hydroxyl groups is 1. The molecule has 0 aromatic heterocycles. The average Bonchev–Trinajstić information content (AvgIpc) is 2.40. The monoisotopic (exact) mass is 370 g/mol. The number of halogens is 4. The standard InChI is InChI=1S/C13H17BrF2N2O.ClH/c14-10-7-9(1-2-12(10)19)11(8-13(15)16)18-5-3-17-4-6-18;/h1-2,7,11,13,17,19H,3-6,8H2;1H/t11-;/m0./s1. The van der Waals surface area contributed by atoms with E-state index in [0.29, 0.717) is 4.47 Å². The van der Waals surface area contributed by atoms with E-state index < -0.39 is 6.43 Å². The average molecular weight is 372 g/mol. The first-order valence-electron chi connectivity index (χ1n) is 6.29. The number of hydrogen-bond donors (Lipinski definition) is 2. The van der Waals surface area contributed by atoms with Gasteiger partial charge >= 0.3 is 0 Å². The van der Waals surface area contributed by atoms with Crippen LogP contribution in [-0.2, 0) is 0 Å². The highest BCUT2D eigenvalue weighted by Gasteiger charge is 2.25. The molecule has 1 aliphatic rings. The number of rotatable bonds is 4. The largest absolute Gasteiger partial charge is 0.507 e. The molecule has 1 saturated heterocycles. The number of benzene rings is 1. The van der Waals surface area contributed by atoms with Crippen molar-refractivity contribution < 1.29 is 13.9 Å². The molecule has 3 nitrogen and oxygen atoms in total. The molecule has 1 aliphatic heterocycles. The fourth-order valence-electron chi connectivity index (χ4n) is 2.39. The second kappa shape index (κ2) is 8.12. The van der Waals surface area contributed by atoms with Gasteiger partial charge in [0.25, 0.3) is 0 Å². The molecular formula is C13H18BrClF2N2O. The highest BCUT2D eigenvalue weighted by molar-refractivity contribution is 9.10. The Labute approximate surface area is 131 Å². The van der Waals surface area contributed by atoms with E-state index in [4.69, 9.17) is 0 Å². The summed E-state index contributed by atoms with van der Waals surface area (Å²) in [5.41, 5.74) is 0.812. The molecule has 0 bridgehead atoms. The van der Waals surface area contributed by atoms with Gasteiger partial charge in [-0.1, -0.05) is 6.07 Å². The Morgan fingerprint density at radius 1 is 1.30 bits per heavy atom. The van der Waals surface area contributed by atoms with Gasteiger partial charge in [0, 0.05) is 38.6 Å². The van der Waals surface area contributed by atoms with E-state index in [1.165, 1.54) is 0 Å². The van der Waals surface area contributed by atoms with Gasteiger partial charge in [0.15, 0.2) is 0 Å². The third-order valence-electron chi connectivity index (χ3n) is 3.35. The number of piperazine rings is 1. The molecule has 0 radical (unpaired) electrons. The van der Waals surface area contributed by atoms with E-state index in [1.54, 1.807) is 18.2 Å². The molecule has 1 aromatic rings. The van der Waals surface area contributed by atoms with E-state index >= 15 is 0 Å².